The van der Waals surface area contributed by atoms with Gasteiger partial charge >= 0.3 is 0 Å². The number of halogens is 1. The smallest absolute Gasteiger partial charge is 0.146 e. The number of nitrogens with zero attached hydrogens (tertiary/aromatic N) is 1. The first kappa shape index (κ1) is 14.9. The number of rotatable bonds is 6. The topological polar surface area (TPSA) is 38.5 Å². The van der Waals surface area contributed by atoms with Crippen molar-refractivity contribution in [3.05, 3.63) is 29.6 Å². The second kappa shape index (κ2) is 6.71. The zero-order chi connectivity index (χ0) is 13.7. The van der Waals surface area contributed by atoms with Crippen LogP contribution in [0.15, 0.2) is 18.2 Å². The van der Waals surface area contributed by atoms with E-state index in [1.165, 1.54) is 6.07 Å². The Morgan fingerprint density at radius 3 is 2.61 bits per heavy atom. The predicted molar refractivity (Wildman–Crippen MR) is 73.5 cm³/mol. The van der Waals surface area contributed by atoms with Crippen LogP contribution in [0.3, 0.4) is 0 Å². The Balaban J connectivity index is 3.04. The summed E-state index contributed by atoms with van der Waals surface area (Å²) in [4.78, 5) is 1.91. The molecule has 102 valence electrons. The molecule has 0 aliphatic carbocycles. The molecule has 1 aromatic carbocycles. The normalized spacial score (nSPS) is 14.3. The molecule has 0 spiro atoms. The van der Waals surface area contributed by atoms with Crippen molar-refractivity contribution in [3.8, 4) is 0 Å². The maximum Gasteiger partial charge on any atom is 0.146 e. The van der Waals surface area contributed by atoms with E-state index in [0.29, 0.717) is 18.7 Å². The summed E-state index contributed by atoms with van der Waals surface area (Å²) in [7, 11) is 3.53. The Morgan fingerprint density at radius 2 is 2.06 bits per heavy atom. The van der Waals surface area contributed by atoms with Crippen LogP contribution in [0.25, 0.3) is 0 Å². The Kier molecular flexibility index (Phi) is 5.56. The molecule has 0 fully saturated rings. The fraction of sp³-hybridized carbons (Fsp3) is 0.571. The van der Waals surface area contributed by atoms with Crippen molar-refractivity contribution in [1.82, 2.24) is 0 Å². The summed E-state index contributed by atoms with van der Waals surface area (Å²) in [5.74, 6) is -0.210. The van der Waals surface area contributed by atoms with E-state index in [4.69, 9.17) is 10.5 Å². The highest BCUT2D eigenvalue weighted by molar-refractivity contribution is 5.55. The summed E-state index contributed by atoms with van der Waals surface area (Å²) < 4.78 is 19.1. The molecule has 1 aromatic rings. The molecule has 18 heavy (non-hydrogen) atoms. The van der Waals surface area contributed by atoms with E-state index < -0.39 is 0 Å². The Labute approximate surface area is 109 Å². The third-order valence-corrected chi connectivity index (χ3v) is 3.03. The molecule has 2 atom stereocenters. The van der Waals surface area contributed by atoms with E-state index in [1.54, 1.807) is 13.2 Å². The van der Waals surface area contributed by atoms with Crippen molar-refractivity contribution in [3.63, 3.8) is 0 Å². The second-order valence-corrected chi connectivity index (χ2v) is 4.84. The van der Waals surface area contributed by atoms with Crippen LogP contribution < -0.4 is 10.6 Å². The Hall–Kier alpha value is -1.13. The SMILES string of the molecule is COCC(C)N(C)c1c(F)cccc1CC(C)N. The molecule has 4 heteroatoms. The molecule has 0 aliphatic heterocycles. The van der Waals surface area contributed by atoms with Gasteiger partial charge in [0.05, 0.1) is 12.3 Å². The number of hydrogen-bond donors (Lipinski definition) is 1. The van der Waals surface area contributed by atoms with Crippen LogP contribution in [-0.4, -0.2) is 32.8 Å². The number of ether oxygens (including phenoxy) is 1. The lowest BCUT2D eigenvalue weighted by Crippen LogP contribution is -2.34. The molecule has 2 unspecified atom stereocenters. The first-order chi connectivity index (χ1) is 8.47. The number of para-hydroxylation sites is 1. The molecule has 0 saturated heterocycles. The number of methoxy groups -OCH3 is 1. The monoisotopic (exact) mass is 254 g/mol. The van der Waals surface area contributed by atoms with Crippen LogP contribution in [0.4, 0.5) is 10.1 Å². The van der Waals surface area contributed by atoms with Gasteiger partial charge in [0.1, 0.15) is 5.82 Å². The van der Waals surface area contributed by atoms with E-state index in [2.05, 4.69) is 0 Å². The molecule has 0 radical (unpaired) electrons. The van der Waals surface area contributed by atoms with Crippen molar-refractivity contribution < 1.29 is 9.13 Å². The van der Waals surface area contributed by atoms with Gasteiger partial charge in [-0.25, -0.2) is 4.39 Å². The number of hydrogen-bond acceptors (Lipinski definition) is 3. The highest BCUT2D eigenvalue weighted by Gasteiger charge is 2.18. The maximum atomic E-state index is 14.0. The zero-order valence-electron chi connectivity index (χ0n) is 11.6. The summed E-state index contributed by atoms with van der Waals surface area (Å²) in [6, 6.07) is 5.26. The summed E-state index contributed by atoms with van der Waals surface area (Å²) in [6.07, 6.45) is 0.664. The highest BCUT2D eigenvalue weighted by atomic mass is 19.1. The molecule has 3 nitrogen and oxygen atoms in total. The lowest BCUT2D eigenvalue weighted by molar-refractivity contribution is 0.183. The molecule has 2 N–H and O–H groups in total. The standard InChI is InChI=1S/C14H23FN2O/c1-10(16)8-12-6-5-7-13(15)14(12)17(3)11(2)9-18-4/h5-7,10-11H,8-9,16H2,1-4H3. The lowest BCUT2D eigenvalue weighted by atomic mass is 10.0. The number of anilines is 1. The molecular weight excluding hydrogens is 231 g/mol. The summed E-state index contributed by atoms with van der Waals surface area (Å²) >= 11 is 0. The third kappa shape index (κ3) is 3.68. The first-order valence-corrected chi connectivity index (χ1v) is 6.22. The van der Waals surface area contributed by atoms with Crippen molar-refractivity contribution in [1.29, 1.82) is 0 Å². The predicted octanol–water partition coefficient (Wildman–Crippen LogP) is 2.19. The molecule has 0 amide bonds. The van der Waals surface area contributed by atoms with Gasteiger partial charge in [-0.2, -0.15) is 0 Å². The van der Waals surface area contributed by atoms with E-state index in [0.717, 1.165) is 5.56 Å². The summed E-state index contributed by atoms with van der Waals surface area (Å²) in [5.41, 5.74) is 7.38. The Bertz CT molecular complexity index is 382. The number of nitrogens with two attached hydrogens (primary N) is 1. The van der Waals surface area contributed by atoms with Crippen LogP contribution in [0, 0.1) is 5.82 Å². The highest BCUT2D eigenvalue weighted by Crippen LogP contribution is 2.26. The Morgan fingerprint density at radius 1 is 1.39 bits per heavy atom. The first-order valence-electron chi connectivity index (χ1n) is 6.22. The zero-order valence-corrected chi connectivity index (χ0v) is 11.6. The van der Waals surface area contributed by atoms with Crippen LogP contribution in [0.2, 0.25) is 0 Å². The summed E-state index contributed by atoms with van der Waals surface area (Å²) in [6.45, 7) is 4.49. The third-order valence-electron chi connectivity index (χ3n) is 3.03. The van der Waals surface area contributed by atoms with Crippen molar-refractivity contribution in [2.45, 2.75) is 32.4 Å². The molecule has 0 aliphatic rings. The molecular formula is C14H23FN2O. The van der Waals surface area contributed by atoms with Gasteiger partial charge in [0.25, 0.3) is 0 Å². The van der Waals surface area contributed by atoms with E-state index >= 15 is 0 Å². The fourth-order valence-corrected chi connectivity index (χ4v) is 2.04. The van der Waals surface area contributed by atoms with Crippen LogP contribution >= 0.6 is 0 Å². The van der Waals surface area contributed by atoms with Gasteiger partial charge in [0.2, 0.25) is 0 Å². The minimum Gasteiger partial charge on any atom is -0.383 e. The largest absolute Gasteiger partial charge is 0.383 e. The average molecular weight is 254 g/mol. The van der Waals surface area contributed by atoms with Crippen molar-refractivity contribution in [2.24, 2.45) is 5.73 Å². The van der Waals surface area contributed by atoms with Crippen molar-refractivity contribution >= 4 is 5.69 Å². The van der Waals surface area contributed by atoms with Gasteiger partial charge in [-0.05, 0) is 31.9 Å². The van der Waals surface area contributed by atoms with Gasteiger partial charge in [-0.15, -0.1) is 0 Å². The molecule has 0 aromatic heterocycles. The van der Waals surface area contributed by atoms with Gasteiger partial charge < -0.3 is 15.4 Å². The number of likely N-dealkylation sites (N-methyl/N-ethyl adjacent to an activating group) is 1. The lowest BCUT2D eigenvalue weighted by Gasteiger charge is -2.29. The van der Waals surface area contributed by atoms with Gasteiger partial charge in [0.15, 0.2) is 0 Å². The maximum absolute atomic E-state index is 14.0. The van der Waals surface area contributed by atoms with Gasteiger partial charge in [-0.1, -0.05) is 12.1 Å². The van der Waals surface area contributed by atoms with E-state index in [9.17, 15) is 4.39 Å². The minimum absolute atomic E-state index is 0.0108. The number of benzene rings is 1. The fourth-order valence-electron chi connectivity index (χ4n) is 2.04. The van der Waals surface area contributed by atoms with E-state index in [1.807, 2.05) is 31.9 Å². The molecule has 0 heterocycles. The van der Waals surface area contributed by atoms with Crippen LogP contribution in [0.5, 0.6) is 0 Å². The molecule has 1 rings (SSSR count). The molecule has 0 saturated carbocycles. The average Bonchev–Trinajstić information content (AvgIpc) is 2.28. The molecule has 0 bridgehead atoms. The van der Waals surface area contributed by atoms with E-state index in [-0.39, 0.29) is 17.9 Å². The van der Waals surface area contributed by atoms with Crippen molar-refractivity contribution in [2.75, 3.05) is 25.7 Å². The van der Waals surface area contributed by atoms with Crippen LogP contribution in [0.1, 0.15) is 19.4 Å². The van der Waals surface area contributed by atoms with Gasteiger partial charge in [0, 0.05) is 26.2 Å². The summed E-state index contributed by atoms with van der Waals surface area (Å²) in [5, 5.41) is 0. The van der Waals surface area contributed by atoms with Crippen LogP contribution in [-0.2, 0) is 11.2 Å². The van der Waals surface area contributed by atoms with Gasteiger partial charge in [-0.3, -0.25) is 0 Å². The quantitative estimate of drug-likeness (QED) is 0.845. The second-order valence-electron chi connectivity index (χ2n) is 4.84. The minimum atomic E-state index is -0.210.